The van der Waals surface area contributed by atoms with E-state index in [-0.39, 0.29) is 0 Å². The zero-order chi connectivity index (χ0) is 38.3. The standard InChI is InChI=1S/4C4H3F6.2CH3O.O.2Sn/c4*5-2(3(6)7)1-4(8,9)10;2*1-2;;;/h4*2H,1H2;2*1H3;;;/q;;;;2*-1;;2*+1. The van der Waals surface area contributed by atoms with Crippen molar-refractivity contribution in [3.63, 3.8) is 0 Å². The average molecular weight is 976 g/mol. The molecule has 0 aromatic rings. The van der Waals surface area contributed by atoms with Gasteiger partial charge in [-0.05, 0) is 0 Å². The van der Waals surface area contributed by atoms with Gasteiger partial charge in [-0.15, -0.1) is 0 Å². The molecule has 0 aromatic carbocycles. The van der Waals surface area contributed by atoms with Gasteiger partial charge < -0.3 is 0 Å². The molecule has 0 amide bonds. The van der Waals surface area contributed by atoms with Crippen LogP contribution in [0.5, 0.6) is 0 Å². The van der Waals surface area contributed by atoms with E-state index in [1.807, 2.05) is 0 Å². The van der Waals surface area contributed by atoms with Crippen molar-refractivity contribution >= 4 is 38.4 Å². The van der Waals surface area contributed by atoms with Crippen LogP contribution in [0.4, 0.5) is 105 Å². The fourth-order valence-corrected chi connectivity index (χ4v) is 39.8. The molecule has 0 bridgehead atoms. The van der Waals surface area contributed by atoms with E-state index in [0.717, 1.165) is 0 Å². The van der Waals surface area contributed by atoms with Gasteiger partial charge in [0.1, 0.15) is 0 Å². The number of halogens is 24. The van der Waals surface area contributed by atoms with Crippen LogP contribution in [0, 0.1) is 0 Å². The molecule has 0 spiro atoms. The molecule has 0 aromatic heterocycles. The summed E-state index contributed by atoms with van der Waals surface area (Å²) >= 11 is -21.2. The van der Waals surface area contributed by atoms with E-state index in [9.17, 15) is 70.2 Å². The summed E-state index contributed by atoms with van der Waals surface area (Å²) < 4.78 is 314. The average Bonchev–Trinajstić information content (AvgIpc) is 2.80. The van der Waals surface area contributed by atoms with Crippen molar-refractivity contribution < 1.29 is 113 Å². The van der Waals surface area contributed by atoms with E-state index in [2.05, 4.69) is 7.56 Å². The van der Waals surface area contributed by atoms with Crippen LogP contribution in [0.25, 0.3) is 0 Å². The van der Waals surface area contributed by atoms with E-state index in [0.29, 0.717) is 0 Å². The van der Waals surface area contributed by atoms with Gasteiger partial charge in [-0.3, -0.25) is 0 Å². The molecule has 0 heterocycles. The Balaban J connectivity index is 8.38. The third-order valence-electron chi connectivity index (χ3n) is 5.83. The van der Waals surface area contributed by atoms with Crippen LogP contribution < -0.4 is 0 Å². The molecule has 0 aliphatic carbocycles. The van der Waals surface area contributed by atoms with Crippen molar-refractivity contribution in [3.8, 4) is 0 Å². The minimum absolute atomic E-state index is 0.855. The summed E-state index contributed by atoms with van der Waals surface area (Å²) in [7, 11) is -1.71. The van der Waals surface area contributed by atoms with Gasteiger partial charge in [-0.2, -0.15) is 0 Å². The fraction of sp³-hybridized carbons (Fsp3) is 1.00. The first kappa shape index (κ1) is 46.8. The monoisotopic (exact) mass is 978 g/mol. The first-order chi connectivity index (χ1) is 20.3. The van der Waals surface area contributed by atoms with Gasteiger partial charge in [-0.1, -0.05) is 0 Å². The summed E-state index contributed by atoms with van der Waals surface area (Å²) in [6.07, 6.45) is -62.4. The van der Waals surface area contributed by atoms with Gasteiger partial charge in [-0.25, -0.2) is 0 Å². The molecule has 0 N–H and O–H groups in total. The Labute approximate surface area is 256 Å². The van der Waals surface area contributed by atoms with Gasteiger partial charge in [0.05, 0.1) is 0 Å². The van der Waals surface area contributed by atoms with Crippen LogP contribution in [-0.4, -0.2) is 118 Å². The second-order valence-electron chi connectivity index (χ2n) is 9.38. The Morgan fingerprint density at radius 1 is 0.362 bits per heavy atom. The Morgan fingerprint density at radius 3 is 0.617 bits per heavy atom. The first-order valence-electron chi connectivity index (χ1n) is 11.5. The number of alkyl halides is 24. The van der Waals surface area contributed by atoms with Crippen molar-refractivity contribution in [1.82, 2.24) is 0 Å². The summed E-state index contributed by atoms with van der Waals surface area (Å²) in [5, 5.41) is 0. The minimum atomic E-state index is -10.6. The Morgan fingerprint density at radius 2 is 0.511 bits per heavy atom. The molecule has 29 heteroatoms. The topological polar surface area (TPSA) is 27.7 Å². The number of hydrogen-bond donors (Lipinski definition) is 0. The maximum absolute atomic E-state index is 15.3. The molecule has 0 aliphatic rings. The Hall–Kier alpha value is -0.203. The second-order valence-corrected chi connectivity index (χ2v) is 30.9. The second kappa shape index (κ2) is 14.8. The van der Waals surface area contributed by atoms with Crippen LogP contribution in [0.1, 0.15) is 25.7 Å². The van der Waals surface area contributed by atoms with Crippen molar-refractivity contribution in [2.24, 2.45) is 0 Å². The Bertz CT molecular complexity index is 861. The Kier molecular flexibility index (Phi) is 14.7. The van der Waals surface area contributed by atoms with Crippen molar-refractivity contribution in [3.05, 3.63) is 0 Å². The fourth-order valence-electron chi connectivity index (χ4n) is 3.70. The molecular formula is C18H18F24O3Sn2. The maximum atomic E-state index is 15.3. The van der Waals surface area contributed by atoms with E-state index in [1.165, 1.54) is 0 Å². The molecular weight excluding hydrogens is 958 g/mol. The predicted octanol–water partition coefficient (Wildman–Crippen LogP) is 9.04. The molecule has 0 radical (unpaired) electrons. The zero-order valence-electron chi connectivity index (χ0n) is 22.4. The third-order valence-corrected chi connectivity index (χ3v) is 35.4. The molecule has 0 saturated heterocycles. The van der Waals surface area contributed by atoms with E-state index >= 15 is 35.1 Å². The van der Waals surface area contributed by atoms with Gasteiger partial charge in [0.2, 0.25) is 0 Å². The molecule has 0 aliphatic heterocycles. The van der Waals surface area contributed by atoms with Crippen LogP contribution in [0.15, 0.2) is 0 Å². The summed E-state index contributed by atoms with van der Waals surface area (Å²) in [4.78, 5) is 0. The van der Waals surface area contributed by atoms with Crippen LogP contribution >= 0.6 is 0 Å². The molecule has 4 unspecified atom stereocenters. The zero-order valence-corrected chi connectivity index (χ0v) is 28.1. The van der Waals surface area contributed by atoms with E-state index in [4.69, 9.17) is 0 Å². The summed E-state index contributed by atoms with van der Waals surface area (Å²) in [6.45, 7) is 0. The molecule has 3 nitrogen and oxygen atoms in total. The van der Waals surface area contributed by atoms with Crippen molar-refractivity contribution in [2.75, 3.05) is 14.2 Å². The predicted molar refractivity (Wildman–Crippen MR) is 109 cm³/mol. The van der Waals surface area contributed by atoms with Crippen molar-refractivity contribution in [2.45, 2.75) is 90.8 Å². The summed E-state index contributed by atoms with van der Waals surface area (Å²) in [5.41, 5.74) is 0. The van der Waals surface area contributed by atoms with Gasteiger partial charge in [0, 0.05) is 0 Å². The SMILES string of the molecule is C[O][Sn]([O][Sn]([O]C)([C](F)(F)C(F)CC(F)(F)F)[C](F)(F)C(F)CC(F)(F)F)([C](F)(F)C(F)CC(F)(F)F)[C](F)(F)C(F)CC(F)(F)F. The van der Waals surface area contributed by atoms with E-state index < -0.39 is 143 Å². The molecule has 47 heavy (non-hydrogen) atoms. The number of rotatable bonds is 16. The number of hydrogen-bond acceptors (Lipinski definition) is 3. The molecule has 0 fully saturated rings. The van der Waals surface area contributed by atoms with Crippen LogP contribution in [-0.2, 0) is 7.56 Å². The summed E-state index contributed by atoms with van der Waals surface area (Å²) in [5.74, 6) is 0. The molecule has 284 valence electrons. The normalized spacial score (nSPS) is 20.3. The van der Waals surface area contributed by atoms with Crippen LogP contribution in [0.2, 0.25) is 0 Å². The van der Waals surface area contributed by atoms with Crippen molar-refractivity contribution in [1.29, 1.82) is 0 Å². The van der Waals surface area contributed by atoms with Gasteiger partial charge in [0.15, 0.2) is 0 Å². The molecule has 0 saturated carbocycles. The molecule has 0 rings (SSSR count). The van der Waals surface area contributed by atoms with E-state index in [1.54, 1.807) is 0 Å². The molecule has 4 atom stereocenters. The summed E-state index contributed by atoms with van der Waals surface area (Å²) in [6, 6.07) is 0. The van der Waals surface area contributed by atoms with Gasteiger partial charge >= 0.3 is 256 Å². The third kappa shape index (κ3) is 10.4. The van der Waals surface area contributed by atoms with Crippen LogP contribution in [0.3, 0.4) is 0 Å². The quantitative estimate of drug-likeness (QED) is 0.114. The van der Waals surface area contributed by atoms with Gasteiger partial charge in [0.25, 0.3) is 0 Å². The first-order valence-corrected chi connectivity index (χ1v) is 21.9.